The number of hydrogen-bond donors (Lipinski definition) is 2. The summed E-state index contributed by atoms with van der Waals surface area (Å²) in [4.78, 5) is 25.0. The van der Waals surface area contributed by atoms with Gasteiger partial charge < -0.3 is 20.1 Å². The Morgan fingerprint density at radius 1 is 1.23 bits per heavy atom. The van der Waals surface area contributed by atoms with Gasteiger partial charge in [0.05, 0.1) is 17.7 Å². The topological polar surface area (TPSA) is 78.9 Å². The molecule has 0 saturated carbocycles. The number of amides is 2. The molecule has 0 atom stereocenters. The molecule has 1 aliphatic rings. The van der Waals surface area contributed by atoms with Gasteiger partial charge in [0.2, 0.25) is 0 Å². The molecule has 3 rings (SSSR count). The fraction of sp³-hybridized carbons (Fsp3) is 0.263. The number of nitrogens with zero attached hydrogens (tertiary/aromatic N) is 1. The summed E-state index contributed by atoms with van der Waals surface area (Å²) >= 11 is 6.18. The number of benzene rings is 2. The molecule has 2 amide bonds. The fourth-order valence-electron chi connectivity index (χ4n) is 2.94. The molecule has 0 saturated heterocycles. The second kappa shape index (κ2) is 7.66. The molecule has 0 unspecified atom stereocenters. The zero-order chi connectivity index (χ0) is 18.7. The minimum Gasteiger partial charge on any atom is -0.495 e. The lowest BCUT2D eigenvalue weighted by atomic mass is 9.99. The van der Waals surface area contributed by atoms with Crippen LogP contribution in [0.2, 0.25) is 5.02 Å². The molecule has 26 heavy (non-hydrogen) atoms. The molecule has 0 aromatic heterocycles. The van der Waals surface area contributed by atoms with Gasteiger partial charge in [-0.25, -0.2) is 9.59 Å². The van der Waals surface area contributed by atoms with Crippen LogP contribution in [0.5, 0.6) is 5.75 Å². The summed E-state index contributed by atoms with van der Waals surface area (Å²) in [5, 5.41) is 12.3. The van der Waals surface area contributed by atoms with Crippen molar-refractivity contribution < 1.29 is 19.4 Å². The third-order valence-electron chi connectivity index (χ3n) is 4.42. The van der Waals surface area contributed by atoms with Crippen LogP contribution in [-0.4, -0.2) is 35.7 Å². The zero-order valence-corrected chi connectivity index (χ0v) is 15.0. The summed E-state index contributed by atoms with van der Waals surface area (Å²) in [5.41, 5.74) is 3.22. The van der Waals surface area contributed by atoms with Gasteiger partial charge in [-0.15, -0.1) is 0 Å². The number of carboxylic acid groups (broad SMARTS) is 1. The first-order valence-electron chi connectivity index (χ1n) is 8.18. The highest BCUT2D eigenvalue weighted by molar-refractivity contribution is 6.32. The summed E-state index contributed by atoms with van der Waals surface area (Å²) in [6.45, 7) is 1.44. The summed E-state index contributed by atoms with van der Waals surface area (Å²) in [5.74, 6) is -0.323. The van der Waals surface area contributed by atoms with Crippen molar-refractivity contribution >= 4 is 23.6 Å². The third-order valence-corrected chi connectivity index (χ3v) is 4.71. The number of carboxylic acids is 1. The van der Waals surface area contributed by atoms with Crippen LogP contribution in [0.25, 0.3) is 0 Å². The number of carbonyl (C=O) groups is 2. The second-order valence-electron chi connectivity index (χ2n) is 6.09. The van der Waals surface area contributed by atoms with E-state index in [1.807, 2.05) is 12.1 Å². The van der Waals surface area contributed by atoms with E-state index >= 15 is 0 Å². The van der Waals surface area contributed by atoms with Gasteiger partial charge in [-0.05, 0) is 47.4 Å². The van der Waals surface area contributed by atoms with Crippen molar-refractivity contribution in [1.29, 1.82) is 0 Å². The van der Waals surface area contributed by atoms with E-state index in [-0.39, 0.29) is 11.6 Å². The van der Waals surface area contributed by atoms with Gasteiger partial charge in [-0.2, -0.15) is 0 Å². The van der Waals surface area contributed by atoms with E-state index in [0.717, 1.165) is 23.1 Å². The SMILES string of the molecule is COc1cc2c(cc1Cl)CN(C(=O)NCc1ccc(C(=O)O)cc1)CC2. The second-order valence-corrected chi connectivity index (χ2v) is 6.50. The molecule has 2 N–H and O–H groups in total. The quantitative estimate of drug-likeness (QED) is 0.860. The van der Waals surface area contributed by atoms with E-state index in [4.69, 9.17) is 21.4 Å². The maximum atomic E-state index is 12.4. The van der Waals surface area contributed by atoms with Crippen molar-refractivity contribution in [3.8, 4) is 5.75 Å². The zero-order valence-electron chi connectivity index (χ0n) is 14.3. The standard InChI is InChI=1S/C19H19ClN2O4/c1-26-17-9-14-6-7-22(11-15(14)8-16(17)20)19(25)21-10-12-2-4-13(5-3-12)18(23)24/h2-5,8-9H,6-7,10-11H2,1H3,(H,21,25)(H,23,24). The molecular weight excluding hydrogens is 356 g/mol. The summed E-state index contributed by atoms with van der Waals surface area (Å²) in [7, 11) is 1.58. The van der Waals surface area contributed by atoms with Crippen molar-refractivity contribution in [2.24, 2.45) is 0 Å². The predicted octanol–water partition coefficient (Wildman–Crippen LogP) is 3.31. The molecule has 2 aromatic rings. The molecule has 2 aromatic carbocycles. The van der Waals surface area contributed by atoms with Crippen molar-refractivity contribution in [1.82, 2.24) is 10.2 Å². The minimum absolute atomic E-state index is 0.162. The van der Waals surface area contributed by atoms with Gasteiger partial charge in [0, 0.05) is 19.6 Å². The molecule has 7 heteroatoms. The molecule has 1 aliphatic heterocycles. The third kappa shape index (κ3) is 3.91. The van der Waals surface area contributed by atoms with Crippen LogP contribution in [0.3, 0.4) is 0 Å². The molecule has 0 bridgehead atoms. The van der Waals surface area contributed by atoms with Gasteiger partial charge in [-0.1, -0.05) is 23.7 Å². The number of carbonyl (C=O) groups excluding carboxylic acids is 1. The molecular formula is C19H19ClN2O4. The lowest BCUT2D eigenvalue weighted by molar-refractivity contribution is 0.0697. The number of urea groups is 1. The summed E-state index contributed by atoms with van der Waals surface area (Å²) < 4.78 is 5.23. The van der Waals surface area contributed by atoms with Crippen molar-refractivity contribution in [3.05, 3.63) is 63.7 Å². The predicted molar refractivity (Wildman–Crippen MR) is 97.8 cm³/mol. The number of ether oxygens (including phenoxy) is 1. The lowest BCUT2D eigenvalue weighted by Gasteiger charge is -2.29. The first-order valence-corrected chi connectivity index (χ1v) is 8.56. The molecule has 0 radical (unpaired) electrons. The van der Waals surface area contributed by atoms with E-state index in [9.17, 15) is 9.59 Å². The van der Waals surface area contributed by atoms with Gasteiger partial charge in [0.25, 0.3) is 0 Å². The Bertz CT molecular complexity index is 836. The van der Waals surface area contributed by atoms with Crippen LogP contribution < -0.4 is 10.1 Å². The van der Waals surface area contributed by atoms with Crippen molar-refractivity contribution in [2.45, 2.75) is 19.5 Å². The molecule has 6 nitrogen and oxygen atoms in total. The number of halogens is 1. The first-order chi connectivity index (χ1) is 12.5. The van der Waals surface area contributed by atoms with E-state index in [2.05, 4.69) is 5.32 Å². The van der Waals surface area contributed by atoms with Gasteiger partial charge in [0.15, 0.2) is 0 Å². The Labute approximate surface area is 156 Å². The molecule has 0 spiro atoms. The molecule has 1 heterocycles. The Kier molecular flexibility index (Phi) is 5.32. The van der Waals surface area contributed by atoms with Gasteiger partial charge >= 0.3 is 12.0 Å². The fourth-order valence-corrected chi connectivity index (χ4v) is 3.20. The number of methoxy groups -OCH3 is 1. The van der Waals surface area contributed by atoms with Crippen LogP contribution >= 0.6 is 11.6 Å². The Balaban J connectivity index is 1.61. The average Bonchev–Trinajstić information content (AvgIpc) is 2.65. The van der Waals surface area contributed by atoms with Crippen molar-refractivity contribution in [2.75, 3.05) is 13.7 Å². The highest BCUT2D eigenvalue weighted by Gasteiger charge is 2.22. The summed E-state index contributed by atoms with van der Waals surface area (Å²) in [6, 6.07) is 10.1. The number of hydrogen-bond acceptors (Lipinski definition) is 3. The maximum Gasteiger partial charge on any atom is 0.335 e. The smallest absolute Gasteiger partial charge is 0.335 e. The van der Waals surface area contributed by atoms with E-state index < -0.39 is 5.97 Å². The summed E-state index contributed by atoms with van der Waals surface area (Å²) in [6.07, 6.45) is 0.740. The lowest BCUT2D eigenvalue weighted by Crippen LogP contribution is -2.42. The number of aromatic carboxylic acids is 1. The van der Waals surface area contributed by atoms with Crippen molar-refractivity contribution in [3.63, 3.8) is 0 Å². The van der Waals surface area contributed by atoms with E-state index in [1.165, 1.54) is 12.1 Å². The normalized spacial score (nSPS) is 13.1. The number of fused-ring (bicyclic) bond motifs is 1. The monoisotopic (exact) mass is 374 g/mol. The van der Waals surface area contributed by atoms with Crippen LogP contribution in [0.15, 0.2) is 36.4 Å². The number of rotatable bonds is 4. The highest BCUT2D eigenvalue weighted by Crippen LogP contribution is 2.31. The Morgan fingerprint density at radius 3 is 2.62 bits per heavy atom. The molecule has 0 fully saturated rings. The minimum atomic E-state index is -0.970. The van der Waals surface area contributed by atoms with Crippen LogP contribution in [0.4, 0.5) is 4.79 Å². The molecule has 0 aliphatic carbocycles. The average molecular weight is 375 g/mol. The Hall–Kier alpha value is -2.73. The molecule has 136 valence electrons. The van der Waals surface area contributed by atoms with Crippen LogP contribution in [0.1, 0.15) is 27.0 Å². The van der Waals surface area contributed by atoms with E-state index in [0.29, 0.717) is 30.4 Å². The first kappa shape index (κ1) is 18.1. The van der Waals surface area contributed by atoms with Gasteiger partial charge in [-0.3, -0.25) is 0 Å². The number of nitrogens with one attached hydrogen (secondary N) is 1. The van der Waals surface area contributed by atoms with Crippen LogP contribution in [0, 0.1) is 0 Å². The highest BCUT2D eigenvalue weighted by atomic mass is 35.5. The Morgan fingerprint density at radius 2 is 1.96 bits per heavy atom. The largest absolute Gasteiger partial charge is 0.495 e. The van der Waals surface area contributed by atoms with Gasteiger partial charge in [0.1, 0.15) is 5.75 Å². The van der Waals surface area contributed by atoms with Crippen LogP contribution in [-0.2, 0) is 19.5 Å². The maximum absolute atomic E-state index is 12.4. The van der Waals surface area contributed by atoms with E-state index in [1.54, 1.807) is 24.1 Å².